The maximum absolute atomic E-state index is 12.6. The fourth-order valence-corrected chi connectivity index (χ4v) is 2.70. The Morgan fingerprint density at radius 1 is 1.14 bits per heavy atom. The maximum Gasteiger partial charge on any atom is 0.256 e. The van der Waals surface area contributed by atoms with Crippen LogP contribution in [0, 0.1) is 13.8 Å². The van der Waals surface area contributed by atoms with Crippen LogP contribution in [0.2, 0.25) is 0 Å². The molecule has 1 aromatic carbocycles. The van der Waals surface area contributed by atoms with E-state index in [1.165, 1.54) is 0 Å². The van der Waals surface area contributed by atoms with Gasteiger partial charge >= 0.3 is 0 Å². The summed E-state index contributed by atoms with van der Waals surface area (Å²) in [6.07, 6.45) is 1.59. The standard InChI is InChI=1S/C18H29NO3/c1-7-10-18(6,22-9-3)17(20)19-15-11-13(4)16(21-8-2)14(5)12-15/h11-12H,7-10H2,1-6H3,(H,19,20)/t18-/m0/s1. The first-order valence-electron chi connectivity index (χ1n) is 8.07. The molecule has 1 rings (SSSR count). The maximum atomic E-state index is 12.6. The Bertz CT molecular complexity index is 482. The number of rotatable bonds is 8. The van der Waals surface area contributed by atoms with Gasteiger partial charge < -0.3 is 14.8 Å². The lowest BCUT2D eigenvalue weighted by atomic mass is 9.98. The van der Waals surface area contributed by atoms with Crippen LogP contribution in [0.4, 0.5) is 5.69 Å². The highest BCUT2D eigenvalue weighted by atomic mass is 16.5. The lowest BCUT2D eigenvalue weighted by Gasteiger charge is -2.28. The van der Waals surface area contributed by atoms with E-state index in [0.717, 1.165) is 29.0 Å². The van der Waals surface area contributed by atoms with Gasteiger partial charge in [0.2, 0.25) is 0 Å². The van der Waals surface area contributed by atoms with Crippen LogP contribution in [0.15, 0.2) is 12.1 Å². The van der Waals surface area contributed by atoms with Crippen molar-refractivity contribution in [2.24, 2.45) is 0 Å². The molecule has 0 saturated carbocycles. The minimum Gasteiger partial charge on any atom is -0.493 e. The van der Waals surface area contributed by atoms with Gasteiger partial charge in [-0.2, -0.15) is 0 Å². The molecule has 4 heteroatoms. The molecule has 124 valence electrons. The highest BCUT2D eigenvalue weighted by Gasteiger charge is 2.33. The lowest BCUT2D eigenvalue weighted by molar-refractivity contribution is -0.139. The van der Waals surface area contributed by atoms with Crippen molar-refractivity contribution >= 4 is 11.6 Å². The van der Waals surface area contributed by atoms with Crippen LogP contribution in [-0.2, 0) is 9.53 Å². The second-order valence-electron chi connectivity index (χ2n) is 5.74. The van der Waals surface area contributed by atoms with Crippen molar-refractivity contribution in [3.8, 4) is 5.75 Å². The van der Waals surface area contributed by atoms with E-state index in [1.807, 2.05) is 46.8 Å². The molecular formula is C18H29NO3. The average molecular weight is 307 g/mol. The SMILES string of the molecule is CCC[C@](C)(OCC)C(=O)Nc1cc(C)c(OCC)c(C)c1. The number of anilines is 1. The Kier molecular flexibility index (Phi) is 6.88. The molecule has 0 bridgehead atoms. The molecule has 0 saturated heterocycles. The topological polar surface area (TPSA) is 47.6 Å². The molecule has 0 radical (unpaired) electrons. The van der Waals surface area contributed by atoms with Crippen LogP contribution in [0.3, 0.4) is 0 Å². The first-order chi connectivity index (χ1) is 10.4. The van der Waals surface area contributed by atoms with Crippen LogP contribution < -0.4 is 10.1 Å². The van der Waals surface area contributed by atoms with Gasteiger partial charge in [-0.05, 0) is 64.3 Å². The van der Waals surface area contributed by atoms with Crippen molar-refractivity contribution in [1.29, 1.82) is 0 Å². The van der Waals surface area contributed by atoms with Gasteiger partial charge in [-0.3, -0.25) is 4.79 Å². The fraction of sp³-hybridized carbons (Fsp3) is 0.611. The molecule has 1 aromatic rings. The Morgan fingerprint density at radius 2 is 1.73 bits per heavy atom. The zero-order valence-electron chi connectivity index (χ0n) is 14.7. The zero-order chi connectivity index (χ0) is 16.8. The van der Waals surface area contributed by atoms with Gasteiger partial charge in [0.25, 0.3) is 5.91 Å². The van der Waals surface area contributed by atoms with Gasteiger partial charge in [0.15, 0.2) is 0 Å². The normalized spacial score (nSPS) is 13.5. The van der Waals surface area contributed by atoms with Crippen molar-refractivity contribution < 1.29 is 14.3 Å². The van der Waals surface area contributed by atoms with E-state index in [2.05, 4.69) is 12.2 Å². The molecule has 22 heavy (non-hydrogen) atoms. The highest BCUT2D eigenvalue weighted by molar-refractivity contribution is 5.97. The molecule has 0 aromatic heterocycles. The number of amides is 1. The van der Waals surface area contributed by atoms with E-state index in [9.17, 15) is 4.79 Å². The Morgan fingerprint density at radius 3 is 2.18 bits per heavy atom. The zero-order valence-corrected chi connectivity index (χ0v) is 14.7. The van der Waals surface area contributed by atoms with Crippen LogP contribution in [0.1, 0.15) is 51.7 Å². The first kappa shape index (κ1) is 18.5. The molecule has 0 aliphatic rings. The number of aryl methyl sites for hydroxylation is 2. The number of ether oxygens (including phenoxy) is 2. The highest BCUT2D eigenvalue weighted by Crippen LogP contribution is 2.28. The van der Waals surface area contributed by atoms with E-state index >= 15 is 0 Å². The first-order valence-corrected chi connectivity index (χ1v) is 8.07. The Labute approximate surface area is 134 Å². The molecule has 0 aliphatic carbocycles. The number of nitrogens with one attached hydrogen (secondary N) is 1. The predicted molar refractivity (Wildman–Crippen MR) is 90.7 cm³/mol. The molecule has 4 nitrogen and oxygen atoms in total. The third-order valence-electron chi connectivity index (χ3n) is 3.68. The third-order valence-corrected chi connectivity index (χ3v) is 3.68. The van der Waals surface area contributed by atoms with Crippen molar-refractivity contribution in [3.05, 3.63) is 23.3 Å². The minimum absolute atomic E-state index is 0.0980. The number of carbonyl (C=O) groups excluding carboxylic acids is 1. The number of benzene rings is 1. The lowest BCUT2D eigenvalue weighted by Crippen LogP contribution is -2.42. The Hall–Kier alpha value is -1.55. The average Bonchev–Trinajstić information content (AvgIpc) is 2.43. The Balaban J connectivity index is 2.96. The quantitative estimate of drug-likeness (QED) is 0.781. The van der Waals surface area contributed by atoms with Gasteiger partial charge in [-0.25, -0.2) is 0 Å². The van der Waals surface area contributed by atoms with E-state index in [0.29, 0.717) is 19.6 Å². The largest absolute Gasteiger partial charge is 0.493 e. The summed E-state index contributed by atoms with van der Waals surface area (Å²) in [7, 11) is 0. The minimum atomic E-state index is -0.788. The summed E-state index contributed by atoms with van der Waals surface area (Å²) < 4.78 is 11.3. The van der Waals surface area contributed by atoms with Crippen molar-refractivity contribution in [1.82, 2.24) is 0 Å². The summed E-state index contributed by atoms with van der Waals surface area (Å²) in [5.74, 6) is 0.792. The molecule has 0 spiro atoms. The molecule has 0 heterocycles. The van der Waals surface area contributed by atoms with Crippen molar-refractivity contribution in [3.63, 3.8) is 0 Å². The summed E-state index contributed by atoms with van der Waals surface area (Å²) in [5.41, 5.74) is 2.03. The van der Waals surface area contributed by atoms with Gasteiger partial charge in [-0.15, -0.1) is 0 Å². The van der Waals surface area contributed by atoms with Crippen molar-refractivity contribution in [2.75, 3.05) is 18.5 Å². The fourth-order valence-electron chi connectivity index (χ4n) is 2.70. The summed E-state index contributed by atoms with van der Waals surface area (Å²) in [6.45, 7) is 12.9. The molecule has 0 fully saturated rings. The summed E-state index contributed by atoms with van der Waals surface area (Å²) in [5, 5.41) is 2.98. The predicted octanol–water partition coefficient (Wildman–Crippen LogP) is 4.24. The number of hydrogen-bond acceptors (Lipinski definition) is 3. The van der Waals surface area contributed by atoms with E-state index in [4.69, 9.17) is 9.47 Å². The van der Waals surface area contributed by atoms with Crippen LogP contribution >= 0.6 is 0 Å². The van der Waals surface area contributed by atoms with Gasteiger partial charge in [0.05, 0.1) is 6.61 Å². The summed E-state index contributed by atoms with van der Waals surface area (Å²) >= 11 is 0. The second kappa shape index (κ2) is 8.18. The smallest absolute Gasteiger partial charge is 0.256 e. The monoisotopic (exact) mass is 307 g/mol. The van der Waals surface area contributed by atoms with Crippen LogP contribution in [0.5, 0.6) is 5.75 Å². The summed E-state index contributed by atoms with van der Waals surface area (Å²) in [6, 6.07) is 3.88. The molecular weight excluding hydrogens is 278 g/mol. The number of hydrogen-bond donors (Lipinski definition) is 1. The van der Waals surface area contributed by atoms with E-state index < -0.39 is 5.60 Å². The van der Waals surface area contributed by atoms with Gasteiger partial charge in [0, 0.05) is 12.3 Å². The molecule has 1 amide bonds. The molecule has 1 N–H and O–H groups in total. The van der Waals surface area contributed by atoms with Gasteiger partial charge in [-0.1, -0.05) is 13.3 Å². The van der Waals surface area contributed by atoms with Gasteiger partial charge in [0.1, 0.15) is 11.4 Å². The van der Waals surface area contributed by atoms with E-state index in [-0.39, 0.29) is 5.91 Å². The third kappa shape index (κ3) is 4.47. The molecule has 1 atom stereocenters. The second-order valence-corrected chi connectivity index (χ2v) is 5.74. The molecule has 0 aliphatic heterocycles. The number of carbonyl (C=O) groups is 1. The van der Waals surface area contributed by atoms with Crippen molar-refractivity contribution in [2.45, 2.75) is 60.0 Å². The van der Waals surface area contributed by atoms with Crippen LogP contribution in [-0.4, -0.2) is 24.7 Å². The van der Waals surface area contributed by atoms with Crippen LogP contribution in [0.25, 0.3) is 0 Å². The molecule has 0 unspecified atom stereocenters. The van der Waals surface area contributed by atoms with E-state index in [1.54, 1.807) is 0 Å². The summed E-state index contributed by atoms with van der Waals surface area (Å²) in [4.78, 5) is 12.6.